The molecule has 1 atom stereocenters. The van der Waals surface area contributed by atoms with E-state index in [2.05, 4.69) is 5.32 Å². The molecule has 1 aromatic carbocycles. The van der Waals surface area contributed by atoms with Crippen LogP contribution in [-0.4, -0.2) is 35.1 Å². The molecule has 1 saturated heterocycles. The third kappa shape index (κ3) is 4.32. The van der Waals surface area contributed by atoms with Gasteiger partial charge in [0.05, 0.1) is 25.0 Å². The number of benzene rings is 1. The number of rotatable bonds is 4. The number of furan rings is 1. The lowest BCUT2D eigenvalue weighted by molar-refractivity contribution is -0.137. The summed E-state index contributed by atoms with van der Waals surface area (Å²) in [7, 11) is 0. The quantitative estimate of drug-likeness (QED) is 0.783. The van der Waals surface area contributed by atoms with Crippen molar-refractivity contribution in [2.45, 2.75) is 56.6 Å². The minimum absolute atomic E-state index is 0.0381. The lowest BCUT2D eigenvalue weighted by atomic mass is 9.89. The van der Waals surface area contributed by atoms with E-state index in [9.17, 15) is 22.8 Å². The van der Waals surface area contributed by atoms with Crippen LogP contribution < -0.4 is 5.32 Å². The average molecular weight is 436 g/mol. The van der Waals surface area contributed by atoms with Gasteiger partial charge in [-0.25, -0.2) is 0 Å². The van der Waals surface area contributed by atoms with Gasteiger partial charge in [0.15, 0.2) is 0 Å². The summed E-state index contributed by atoms with van der Waals surface area (Å²) in [5, 5.41) is 2.76. The SMILES string of the molecule is O=C(NCc1ccco1)[C@H]1COC2(CCCCC2)N1C(=O)c1ccc(C(F)(F)F)cc1. The molecule has 1 aliphatic carbocycles. The van der Waals surface area contributed by atoms with Crippen molar-refractivity contribution in [3.05, 3.63) is 59.5 Å². The number of ether oxygens (including phenoxy) is 1. The number of nitrogens with one attached hydrogen (secondary N) is 1. The first-order valence-corrected chi connectivity index (χ1v) is 10.3. The normalized spacial score (nSPS) is 20.7. The van der Waals surface area contributed by atoms with Crippen molar-refractivity contribution in [1.82, 2.24) is 10.2 Å². The van der Waals surface area contributed by atoms with Crippen LogP contribution >= 0.6 is 0 Å². The Balaban J connectivity index is 1.58. The Morgan fingerprint density at radius 3 is 2.42 bits per heavy atom. The number of hydrogen-bond donors (Lipinski definition) is 1. The van der Waals surface area contributed by atoms with Crippen LogP contribution in [0.3, 0.4) is 0 Å². The predicted molar refractivity (Wildman–Crippen MR) is 104 cm³/mol. The molecule has 9 heteroatoms. The van der Waals surface area contributed by atoms with Crippen LogP contribution in [-0.2, 0) is 22.3 Å². The number of halogens is 3. The van der Waals surface area contributed by atoms with Crippen LogP contribution in [0.25, 0.3) is 0 Å². The Kier molecular flexibility index (Phi) is 5.79. The molecular formula is C22H23F3N2O4. The van der Waals surface area contributed by atoms with E-state index < -0.39 is 29.4 Å². The highest BCUT2D eigenvalue weighted by Crippen LogP contribution is 2.41. The van der Waals surface area contributed by atoms with Gasteiger partial charge in [0.25, 0.3) is 5.91 Å². The van der Waals surface area contributed by atoms with Crippen molar-refractivity contribution < 1.29 is 31.9 Å². The Bertz CT molecular complexity index is 919. The van der Waals surface area contributed by atoms with E-state index in [1.165, 1.54) is 11.2 Å². The highest BCUT2D eigenvalue weighted by atomic mass is 19.4. The van der Waals surface area contributed by atoms with Crippen LogP contribution in [0.2, 0.25) is 0 Å². The Morgan fingerprint density at radius 1 is 1.10 bits per heavy atom. The van der Waals surface area contributed by atoms with Gasteiger partial charge in [-0.2, -0.15) is 13.2 Å². The molecule has 1 aliphatic heterocycles. The summed E-state index contributed by atoms with van der Waals surface area (Å²) >= 11 is 0. The lowest BCUT2D eigenvalue weighted by Gasteiger charge is -2.41. The van der Waals surface area contributed by atoms with Gasteiger partial charge in [0, 0.05) is 5.56 Å². The second-order valence-electron chi connectivity index (χ2n) is 7.88. The molecule has 2 heterocycles. The molecular weight excluding hydrogens is 413 g/mol. The van der Waals surface area contributed by atoms with Crippen molar-refractivity contribution in [3.8, 4) is 0 Å². The van der Waals surface area contributed by atoms with Gasteiger partial charge in [-0.1, -0.05) is 6.42 Å². The molecule has 0 radical (unpaired) electrons. The van der Waals surface area contributed by atoms with Crippen molar-refractivity contribution in [2.75, 3.05) is 6.61 Å². The van der Waals surface area contributed by atoms with E-state index in [1.54, 1.807) is 12.1 Å². The highest BCUT2D eigenvalue weighted by Gasteiger charge is 2.53. The molecule has 4 rings (SSSR count). The van der Waals surface area contributed by atoms with Gasteiger partial charge in [0.2, 0.25) is 5.91 Å². The zero-order valence-corrected chi connectivity index (χ0v) is 16.8. The molecule has 6 nitrogen and oxygen atoms in total. The fraction of sp³-hybridized carbons (Fsp3) is 0.455. The third-order valence-electron chi connectivity index (χ3n) is 5.89. The zero-order chi connectivity index (χ0) is 22.1. The maximum Gasteiger partial charge on any atom is 0.416 e. The minimum Gasteiger partial charge on any atom is -0.467 e. The number of alkyl halides is 3. The number of carbonyl (C=O) groups is 2. The van der Waals surface area contributed by atoms with E-state index in [1.807, 2.05) is 0 Å². The third-order valence-corrected chi connectivity index (χ3v) is 5.89. The maximum absolute atomic E-state index is 13.4. The lowest BCUT2D eigenvalue weighted by Crippen LogP contribution is -2.56. The zero-order valence-electron chi connectivity index (χ0n) is 16.8. The van der Waals surface area contributed by atoms with Crippen LogP contribution in [0.4, 0.5) is 13.2 Å². The predicted octanol–water partition coefficient (Wildman–Crippen LogP) is 4.12. The Labute approximate surface area is 177 Å². The molecule has 1 N–H and O–H groups in total. The van der Waals surface area contributed by atoms with Crippen molar-refractivity contribution in [2.24, 2.45) is 0 Å². The molecule has 2 fully saturated rings. The Morgan fingerprint density at radius 2 is 1.81 bits per heavy atom. The average Bonchev–Trinajstić information content (AvgIpc) is 3.40. The smallest absolute Gasteiger partial charge is 0.416 e. The van der Waals surface area contributed by atoms with Gasteiger partial charge in [0.1, 0.15) is 17.5 Å². The molecule has 2 aliphatic rings. The molecule has 1 spiro atoms. The van der Waals surface area contributed by atoms with E-state index in [0.29, 0.717) is 18.6 Å². The molecule has 1 saturated carbocycles. The summed E-state index contributed by atoms with van der Waals surface area (Å²) in [6.45, 7) is 0.202. The summed E-state index contributed by atoms with van der Waals surface area (Å²) < 4.78 is 49.9. The molecule has 1 aromatic heterocycles. The standard InChI is InChI=1S/C22H23F3N2O4/c23-22(24,25)16-8-6-15(7-9-16)20(29)27-18(14-31-21(27)10-2-1-3-11-21)19(28)26-13-17-5-4-12-30-17/h4-9,12,18H,1-3,10-11,13-14H2,(H,26,28)/t18-/m1/s1. The fourth-order valence-corrected chi connectivity index (χ4v) is 4.32. The Hall–Kier alpha value is -2.81. The van der Waals surface area contributed by atoms with E-state index in [0.717, 1.165) is 43.5 Å². The van der Waals surface area contributed by atoms with E-state index in [4.69, 9.17) is 9.15 Å². The summed E-state index contributed by atoms with van der Waals surface area (Å²) in [6, 6.07) is 6.61. The van der Waals surface area contributed by atoms with Gasteiger partial charge in [-0.05, 0) is 62.1 Å². The number of nitrogens with zero attached hydrogens (tertiary/aromatic N) is 1. The molecule has 31 heavy (non-hydrogen) atoms. The van der Waals surface area contributed by atoms with E-state index >= 15 is 0 Å². The van der Waals surface area contributed by atoms with Gasteiger partial charge in [-0.3, -0.25) is 14.5 Å². The van der Waals surface area contributed by atoms with Crippen molar-refractivity contribution in [3.63, 3.8) is 0 Å². The van der Waals surface area contributed by atoms with Gasteiger partial charge < -0.3 is 14.5 Å². The molecule has 166 valence electrons. The number of hydrogen-bond acceptors (Lipinski definition) is 4. The van der Waals surface area contributed by atoms with E-state index in [-0.39, 0.29) is 24.6 Å². The number of carbonyl (C=O) groups excluding carboxylic acids is 2. The first-order valence-electron chi connectivity index (χ1n) is 10.3. The number of amides is 2. The second-order valence-corrected chi connectivity index (χ2v) is 7.88. The van der Waals surface area contributed by atoms with Crippen molar-refractivity contribution >= 4 is 11.8 Å². The van der Waals surface area contributed by atoms with Crippen molar-refractivity contribution in [1.29, 1.82) is 0 Å². The molecule has 0 unspecified atom stereocenters. The first-order chi connectivity index (χ1) is 14.8. The molecule has 2 amide bonds. The largest absolute Gasteiger partial charge is 0.467 e. The second kappa shape index (κ2) is 8.37. The van der Waals surface area contributed by atoms with Crippen LogP contribution in [0.1, 0.15) is 53.8 Å². The summed E-state index contributed by atoms with van der Waals surface area (Å²) in [5.41, 5.74) is -1.65. The van der Waals surface area contributed by atoms with Gasteiger partial charge in [-0.15, -0.1) is 0 Å². The summed E-state index contributed by atoms with van der Waals surface area (Å²) in [5.74, 6) is -0.328. The highest BCUT2D eigenvalue weighted by molar-refractivity contribution is 5.98. The first kappa shape index (κ1) is 21.4. The maximum atomic E-state index is 13.4. The summed E-state index contributed by atoms with van der Waals surface area (Å²) in [4.78, 5) is 27.8. The monoisotopic (exact) mass is 436 g/mol. The van der Waals surface area contributed by atoms with Crippen LogP contribution in [0.5, 0.6) is 0 Å². The summed E-state index contributed by atoms with van der Waals surface area (Å²) in [6.07, 6.45) is 0.870. The molecule has 2 aromatic rings. The van der Waals surface area contributed by atoms with Crippen LogP contribution in [0.15, 0.2) is 47.1 Å². The topological polar surface area (TPSA) is 71.8 Å². The fourth-order valence-electron chi connectivity index (χ4n) is 4.32. The van der Waals surface area contributed by atoms with Gasteiger partial charge >= 0.3 is 6.18 Å². The minimum atomic E-state index is -4.49. The van der Waals surface area contributed by atoms with Crippen LogP contribution in [0, 0.1) is 0 Å². The molecule has 0 bridgehead atoms.